The number of halogens is 1. The molecule has 118 valence electrons. The SMILES string of the molecule is CCC1CN(S(=O)(=O)c2cc(Br)cc(N)c2C)CCN1C. The zero-order chi connectivity index (χ0) is 15.8. The Kier molecular flexibility index (Phi) is 4.97. The number of nitrogens with zero attached hydrogens (tertiary/aromatic N) is 2. The predicted molar refractivity (Wildman–Crippen MR) is 88.8 cm³/mol. The highest BCUT2D eigenvalue weighted by Gasteiger charge is 2.33. The second-order valence-corrected chi connectivity index (χ2v) is 8.35. The molecule has 0 bridgehead atoms. The lowest BCUT2D eigenvalue weighted by Gasteiger charge is -2.38. The molecule has 0 aliphatic carbocycles. The first-order chi connectivity index (χ1) is 9.77. The molecule has 21 heavy (non-hydrogen) atoms. The fourth-order valence-electron chi connectivity index (χ4n) is 2.66. The van der Waals surface area contributed by atoms with Crippen LogP contribution in [-0.2, 0) is 10.0 Å². The molecule has 2 N–H and O–H groups in total. The highest BCUT2D eigenvalue weighted by atomic mass is 79.9. The molecule has 0 spiro atoms. The second kappa shape index (κ2) is 6.24. The summed E-state index contributed by atoms with van der Waals surface area (Å²) in [5.74, 6) is 0. The maximum Gasteiger partial charge on any atom is 0.243 e. The number of likely N-dealkylation sites (N-methyl/N-ethyl adjacent to an activating group) is 1. The van der Waals surface area contributed by atoms with Crippen molar-refractivity contribution in [2.45, 2.75) is 31.2 Å². The van der Waals surface area contributed by atoms with Crippen LogP contribution in [0.1, 0.15) is 18.9 Å². The van der Waals surface area contributed by atoms with Crippen molar-refractivity contribution in [2.75, 3.05) is 32.4 Å². The molecule has 2 rings (SSSR count). The standard InChI is InChI=1S/C14H22BrN3O2S/c1-4-12-9-18(6-5-17(12)3)21(19,20)14-8-11(15)7-13(16)10(14)2/h7-8,12H,4-6,9,16H2,1-3H3. The van der Waals surface area contributed by atoms with Crippen LogP contribution in [0, 0.1) is 6.92 Å². The van der Waals surface area contributed by atoms with Gasteiger partial charge < -0.3 is 10.6 Å². The van der Waals surface area contributed by atoms with Crippen molar-refractivity contribution in [3.63, 3.8) is 0 Å². The molecule has 0 saturated carbocycles. The van der Waals surface area contributed by atoms with Crippen LogP contribution in [0.2, 0.25) is 0 Å². The maximum absolute atomic E-state index is 12.9. The third-order valence-electron chi connectivity index (χ3n) is 4.19. The first-order valence-corrected chi connectivity index (χ1v) is 9.26. The number of rotatable bonds is 3. The largest absolute Gasteiger partial charge is 0.398 e. The fourth-order valence-corrected chi connectivity index (χ4v) is 5.03. The van der Waals surface area contributed by atoms with Crippen LogP contribution < -0.4 is 5.73 Å². The topological polar surface area (TPSA) is 66.6 Å². The Bertz CT molecular complexity index is 633. The molecule has 0 radical (unpaired) electrons. The average molecular weight is 376 g/mol. The summed E-state index contributed by atoms with van der Waals surface area (Å²) in [6, 6.07) is 3.63. The van der Waals surface area contributed by atoms with Gasteiger partial charge in [0, 0.05) is 35.8 Å². The first kappa shape index (κ1) is 16.7. The van der Waals surface area contributed by atoms with E-state index in [-0.39, 0.29) is 6.04 Å². The van der Waals surface area contributed by atoms with Crippen LogP contribution in [0.5, 0.6) is 0 Å². The minimum absolute atomic E-state index is 0.262. The van der Waals surface area contributed by atoms with Crippen LogP contribution in [0.3, 0.4) is 0 Å². The molecule has 1 heterocycles. The molecule has 7 heteroatoms. The third kappa shape index (κ3) is 3.26. The number of nitrogen functional groups attached to an aromatic ring is 1. The van der Waals surface area contributed by atoms with Crippen LogP contribution in [-0.4, -0.2) is 50.3 Å². The van der Waals surface area contributed by atoms with Gasteiger partial charge >= 0.3 is 0 Å². The number of hydrogen-bond acceptors (Lipinski definition) is 4. The molecule has 1 aliphatic rings. The Morgan fingerprint density at radius 3 is 2.67 bits per heavy atom. The van der Waals surface area contributed by atoms with Crippen LogP contribution in [0.15, 0.2) is 21.5 Å². The number of sulfonamides is 1. The van der Waals surface area contributed by atoms with Gasteiger partial charge in [0.05, 0.1) is 4.90 Å². The summed E-state index contributed by atoms with van der Waals surface area (Å²) in [7, 11) is -1.47. The molecule has 1 aliphatic heterocycles. The first-order valence-electron chi connectivity index (χ1n) is 7.03. The van der Waals surface area contributed by atoms with E-state index in [0.29, 0.717) is 33.7 Å². The summed E-state index contributed by atoms with van der Waals surface area (Å²) in [6.07, 6.45) is 0.933. The van der Waals surface area contributed by atoms with Gasteiger partial charge in [-0.3, -0.25) is 0 Å². The molecule has 0 aromatic heterocycles. The fraction of sp³-hybridized carbons (Fsp3) is 0.571. The van der Waals surface area contributed by atoms with E-state index in [9.17, 15) is 8.42 Å². The Morgan fingerprint density at radius 1 is 1.38 bits per heavy atom. The van der Waals surface area contributed by atoms with E-state index >= 15 is 0 Å². The number of anilines is 1. The van der Waals surface area contributed by atoms with Crippen molar-refractivity contribution in [3.05, 3.63) is 22.2 Å². The molecule has 1 aromatic rings. The zero-order valence-corrected chi connectivity index (χ0v) is 15.0. The van der Waals surface area contributed by atoms with Gasteiger partial charge in [0.15, 0.2) is 0 Å². The molecule has 1 saturated heterocycles. The van der Waals surface area contributed by atoms with Gasteiger partial charge in [0.1, 0.15) is 0 Å². The van der Waals surface area contributed by atoms with Crippen molar-refractivity contribution in [1.29, 1.82) is 0 Å². The number of benzene rings is 1. The Labute approximate surface area is 135 Å². The lowest BCUT2D eigenvalue weighted by molar-refractivity contribution is 0.144. The lowest BCUT2D eigenvalue weighted by atomic mass is 10.1. The summed E-state index contributed by atoms with van der Waals surface area (Å²) >= 11 is 3.33. The van der Waals surface area contributed by atoms with Crippen LogP contribution in [0.4, 0.5) is 5.69 Å². The van der Waals surface area contributed by atoms with Crippen molar-refractivity contribution in [3.8, 4) is 0 Å². The van der Waals surface area contributed by atoms with E-state index in [1.165, 1.54) is 0 Å². The maximum atomic E-state index is 12.9. The predicted octanol–water partition coefficient (Wildman–Crippen LogP) is 2.05. The third-order valence-corrected chi connectivity index (χ3v) is 6.64. The normalized spacial score (nSPS) is 21.6. The van der Waals surface area contributed by atoms with Gasteiger partial charge in [-0.1, -0.05) is 22.9 Å². The zero-order valence-electron chi connectivity index (χ0n) is 12.6. The van der Waals surface area contributed by atoms with Crippen LogP contribution >= 0.6 is 15.9 Å². The molecule has 5 nitrogen and oxygen atoms in total. The second-order valence-electron chi connectivity index (χ2n) is 5.52. The molecule has 0 amide bonds. The van der Waals surface area contributed by atoms with Gasteiger partial charge in [0.25, 0.3) is 0 Å². The number of hydrogen-bond donors (Lipinski definition) is 1. The van der Waals surface area contributed by atoms with Gasteiger partial charge in [-0.05, 0) is 38.1 Å². The quantitative estimate of drug-likeness (QED) is 0.820. The van der Waals surface area contributed by atoms with E-state index < -0.39 is 10.0 Å². The van der Waals surface area contributed by atoms with E-state index in [2.05, 4.69) is 27.8 Å². The van der Waals surface area contributed by atoms with E-state index in [1.54, 1.807) is 23.4 Å². The summed E-state index contributed by atoms with van der Waals surface area (Å²) in [5.41, 5.74) is 7.01. The van der Waals surface area contributed by atoms with Gasteiger partial charge in [0.2, 0.25) is 10.0 Å². The Balaban J connectivity index is 2.39. The van der Waals surface area contributed by atoms with Crippen molar-refractivity contribution >= 4 is 31.6 Å². The highest BCUT2D eigenvalue weighted by Crippen LogP contribution is 2.29. The van der Waals surface area contributed by atoms with Crippen LogP contribution in [0.25, 0.3) is 0 Å². The highest BCUT2D eigenvalue weighted by molar-refractivity contribution is 9.10. The van der Waals surface area contributed by atoms with E-state index in [1.807, 2.05) is 7.05 Å². The number of piperazine rings is 1. The summed E-state index contributed by atoms with van der Waals surface area (Å²) in [4.78, 5) is 2.52. The summed E-state index contributed by atoms with van der Waals surface area (Å²) in [5, 5.41) is 0. The smallest absolute Gasteiger partial charge is 0.243 e. The Morgan fingerprint density at radius 2 is 2.05 bits per heavy atom. The minimum Gasteiger partial charge on any atom is -0.398 e. The Hall–Kier alpha value is -0.630. The molecule has 1 unspecified atom stereocenters. The lowest BCUT2D eigenvalue weighted by Crippen LogP contribution is -2.52. The molecular formula is C14H22BrN3O2S. The monoisotopic (exact) mass is 375 g/mol. The molecule has 1 atom stereocenters. The van der Waals surface area contributed by atoms with Crippen molar-refractivity contribution in [2.24, 2.45) is 0 Å². The van der Waals surface area contributed by atoms with E-state index in [4.69, 9.17) is 5.73 Å². The van der Waals surface area contributed by atoms with E-state index in [0.717, 1.165) is 13.0 Å². The summed E-state index contributed by atoms with van der Waals surface area (Å²) in [6.45, 7) is 5.63. The van der Waals surface area contributed by atoms with Crippen molar-refractivity contribution in [1.82, 2.24) is 9.21 Å². The van der Waals surface area contributed by atoms with Crippen molar-refractivity contribution < 1.29 is 8.42 Å². The van der Waals surface area contributed by atoms with Gasteiger partial charge in [-0.15, -0.1) is 0 Å². The minimum atomic E-state index is -3.51. The molecule has 1 aromatic carbocycles. The van der Waals surface area contributed by atoms with Gasteiger partial charge in [-0.2, -0.15) is 4.31 Å². The molecule has 1 fully saturated rings. The summed E-state index contributed by atoms with van der Waals surface area (Å²) < 4.78 is 28.1. The number of nitrogens with two attached hydrogens (primary N) is 1. The van der Waals surface area contributed by atoms with Gasteiger partial charge in [-0.25, -0.2) is 8.42 Å². The molecular weight excluding hydrogens is 354 g/mol. The average Bonchev–Trinajstić information content (AvgIpc) is 2.42.